The fourth-order valence-corrected chi connectivity index (χ4v) is 2.25. The van der Waals surface area contributed by atoms with Crippen molar-refractivity contribution < 1.29 is 14.3 Å². The minimum atomic E-state index is -1.02. The summed E-state index contributed by atoms with van der Waals surface area (Å²) in [6, 6.07) is 10.9. The Bertz CT molecular complexity index is 749. The Morgan fingerprint density at radius 1 is 1.04 bits per heavy atom. The average molecular weight is 373 g/mol. The van der Waals surface area contributed by atoms with Gasteiger partial charge < -0.3 is 10.1 Å². The maximum Gasteiger partial charge on any atom is 0.338 e. The zero-order valence-corrected chi connectivity index (χ0v) is 14.2. The first kappa shape index (κ1) is 17.6. The first-order valence-corrected chi connectivity index (χ1v) is 7.72. The molecule has 0 saturated carbocycles. The van der Waals surface area contributed by atoms with Crippen LogP contribution in [0, 0.1) is 0 Å². The Balaban J connectivity index is 2.02. The van der Waals surface area contributed by atoms with Crippen LogP contribution in [0.5, 0.6) is 0 Å². The number of carbonyl (C=O) groups is 2. The molecular formula is C16H12Cl3NO3. The van der Waals surface area contributed by atoms with Crippen molar-refractivity contribution in [2.24, 2.45) is 0 Å². The lowest BCUT2D eigenvalue weighted by Crippen LogP contribution is -2.30. The number of halogens is 3. The lowest BCUT2D eigenvalue weighted by atomic mass is 10.2. The summed E-state index contributed by atoms with van der Waals surface area (Å²) in [7, 11) is 0. The van der Waals surface area contributed by atoms with Crippen molar-refractivity contribution in [3.8, 4) is 0 Å². The molecule has 0 radical (unpaired) electrons. The van der Waals surface area contributed by atoms with Gasteiger partial charge in [-0.3, -0.25) is 4.79 Å². The minimum Gasteiger partial charge on any atom is -0.449 e. The van der Waals surface area contributed by atoms with Gasteiger partial charge >= 0.3 is 5.97 Å². The smallest absolute Gasteiger partial charge is 0.338 e. The molecule has 1 N–H and O–H groups in total. The molecule has 0 fully saturated rings. The highest BCUT2D eigenvalue weighted by Crippen LogP contribution is 2.25. The number of carbonyl (C=O) groups excluding carboxylic acids is 2. The van der Waals surface area contributed by atoms with Crippen LogP contribution in [-0.2, 0) is 9.53 Å². The van der Waals surface area contributed by atoms with Crippen LogP contribution in [0.4, 0.5) is 5.69 Å². The molecule has 0 bridgehead atoms. The summed E-state index contributed by atoms with van der Waals surface area (Å²) < 4.78 is 5.11. The van der Waals surface area contributed by atoms with E-state index in [9.17, 15) is 9.59 Å². The van der Waals surface area contributed by atoms with E-state index in [4.69, 9.17) is 39.5 Å². The van der Waals surface area contributed by atoms with Gasteiger partial charge in [-0.2, -0.15) is 0 Å². The second-order valence-electron chi connectivity index (χ2n) is 4.67. The van der Waals surface area contributed by atoms with Crippen molar-refractivity contribution >= 4 is 52.4 Å². The fraction of sp³-hybridized carbons (Fsp3) is 0.125. The lowest BCUT2D eigenvalue weighted by Gasteiger charge is -2.14. The number of nitrogens with one attached hydrogen (secondary N) is 1. The summed E-state index contributed by atoms with van der Waals surface area (Å²) in [6.45, 7) is 1.45. The Labute approximate surface area is 148 Å². The zero-order chi connectivity index (χ0) is 17.0. The Kier molecular flexibility index (Phi) is 5.88. The molecule has 120 valence electrons. The van der Waals surface area contributed by atoms with Gasteiger partial charge in [-0.05, 0) is 43.3 Å². The van der Waals surface area contributed by atoms with Crippen LogP contribution in [0.1, 0.15) is 17.3 Å². The summed E-state index contributed by atoms with van der Waals surface area (Å²) in [5, 5.41) is 3.72. The predicted molar refractivity (Wildman–Crippen MR) is 91.4 cm³/mol. The van der Waals surface area contributed by atoms with Gasteiger partial charge in [-0.15, -0.1) is 0 Å². The molecule has 0 aliphatic rings. The summed E-state index contributed by atoms with van der Waals surface area (Å²) >= 11 is 17.6. The van der Waals surface area contributed by atoms with Gasteiger partial charge in [0, 0.05) is 10.0 Å². The van der Waals surface area contributed by atoms with Crippen LogP contribution in [0.2, 0.25) is 15.1 Å². The van der Waals surface area contributed by atoms with Crippen LogP contribution >= 0.6 is 34.8 Å². The van der Waals surface area contributed by atoms with Crippen molar-refractivity contribution in [1.82, 2.24) is 0 Å². The Morgan fingerprint density at radius 2 is 1.74 bits per heavy atom. The zero-order valence-electron chi connectivity index (χ0n) is 12.0. The van der Waals surface area contributed by atoms with Gasteiger partial charge in [0.05, 0.1) is 16.3 Å². The number of anilines is 1. The van der Waals surface area contributed by atoms with Gasteiger partial charge in [0.25, 0.3) is 5.91 Å². The van der Waals surface area contributed by atoms with Crippen molar-refractivity contribution in [2.75, 3.05) is 5.32 Å². The molecule has 0 aliphatic carbocycles. The van der Waals surface area contributed by atoms with Gasteiger partial charge in [0.15, 0.2) is 6.10 Å². The van der Waals surface area contributed by atoms with Crippen molar-refractivity contribution in [3.05, 3.63) is 63.1 Å². The summed E-state index contributed by atoms with van der Waals surface area (Å²) in [5.74, 6) is -1.17. The molecule has 0 heterocycles. The van der Waals surface area contributed by atoms with E-state index in [1.807, 2.05) is 0 Å². The van der Waals surface area contributed by atoms with E-state index in [1.54, 1.807) is 30.3 Å². The normalized spacial score (nSPS) is 11.7. The Hall–Kier alpha value is -1.75. The van der Waals surface area contributed by atoms with E-state index in [0.29, 0.717) is 20.8 Å². The van der Waals surface area contributed by atoms with E-state index >= 15 is 0 Å². The molecule has 0 saturated heterocycles. The van der Waals surface area contributed by atoms with Crippen molar-refractivity contribution in [2.45, 2.75) is 13.0 Å². The number of benzene rings is 2. The van der Waals surface area contributed by atoms with E-state index < -0.39 is 18.0 Å². The molecule has 1 amide bonds. The second-order valence-corrected chi connectivity index (χ2v) is 5.95. The van der Waals surface area contributed by atoms with Crippen LogP contribution < -0.4 is 5.32 Å². The topological polar surface area (TPSA) is 55.4 Å². The second kappa shape index (κ2) is 7.68. The average Bonchev–Trinajstić information content (AvgIpc) is 2.50. The Morgan fingerprint density at radius 3 is 2.43 bits per heavy atom. The van der Waals surface area contributed by atoms with Crippen LogP contribution in [0.25, 0.3) is 0 Å². The highest BCUT2D eigenvalue weighted by Gasteiger charge is 2.20. The quantitative estimate of drug-likeness (QED) is 0.782. The SMILES string of the molecule is C[C@H](OC(=O)c1cccc(Cl)c1)C(=O)Nc1cc(Cl)ccc1Cl. The maximum absolute atomic E-state index is 12.1. The number of ether oxygens (including phenoxy) is 1. The van der Waals surface area contributed by atoms with E-state index in [2.05, 4.69) is 5.32 Å². The minimum absolute atomic E-state index is 0.262. The monoisotopic (exact) mass is 371 g/mol. The molecule has 4 nitrogen and oxygen atoms in total. The largest absolute Gasteiger partial charge is 0.449 e. The molecule has 0 spiro atoms. The van der Waals surface area contributed by atoms with Crippen LogP contribution in [0.15, 0.2) is 42.5 Å². The number of rotatable bonds is 4. The molecule has 0 unspecified atom stereocenters. The number of hydrogen-bond acceptors (Lipinski definition) is 3. The number of amides is 1. The van der Waals surface area contributed by atoms with Crippen molar-refractivity contribution in [1.29, 1.82) is 0 Å². The molecule has 2 rings (SSSR count). The summed E-state index contributed by atoms with van der Waals surface area (Å²) in [6.07, 6.45) is -1.02. The van der Waals surface area contributed by atoms with E-state index in [-0.39, 0.29) is 5.56 Å². The lowest BCUT2D eigenvalue weighted by molar-refractivity contribution is -0.123. The predicted octanol–water partition coefficient (Wildman–Crippen LogP) is 4.83. The first-order chi connectivity index (χ1) is 10.9. The third kappa shape index (κ3) is 4.86. The highest BCUT2D eigenvalue weighted by atomic mass is 35.5. The molecule has 0 aliphatic heterocycles. The maximum atomic E-state index is 12.1. The van der Waals surface area contributed by atoms with Crippen molar-refractivity contribution in [3.63, 3.8) is 0 Å². The first-order valence-electron chi connectivity index (χ1n) is 6.59. The molecule has 23 heavy (non-hydrogen) atoms. The third-order valence-electron chi connectivity index (χ3n) is 2.90. The third-order valence-corrected chi connectivity index (χ3v) is 3.70. The molecule has 1 atom stereocenters. The highest BCUT2D eigenvalue weighted by molar-refractivity contribution is 6.35. The standard InChI is InChI=1S/C16H12Cl3NO3/c1-9(23-16(22)10-3-2-4-11(17)7-10)15(21)20-14-8-12(18)5-6-13(14)19/h2-9H,1H3,(H,20,21)/t9-/m0/s1. The van der Waals surface area contributed by atoms with Gasteiger partial charge in [-0.25, -0.2) is 4.79 Å². The molecule has 0 aromatic heterocycles. The van der Waals surface area contributed by atoms with Gasteiger partial charge in [0.1, 0.15) is 0 Å². The summed E-state index contributed by atoms with van der Waals surface area (Å²) in [5.41, 5.74) is 0.604. The molecule has 2 aromatic carbocycles. The van der Waals surface area contributed by atoms with Gasteiger partial charge in [-0.1, -0.05) is 40.9 Å². The number of hydrogen-bond donors (Lipinski definition) is 1. The fourth-order valence-electron chi connectivity index (χ4n) is 1.73. The van der Waals surface area contributed by atoms with E-state index in [1.165, 1.54) is 19.1 Å². The molecule has 7 heteroatoms. The van der Waals surface area contributed by atoms with Gasteiger partial charge in [0.2, 0.25) is 0 Å². The molecule has 2 aromatic rings. The molecular weight excluding hydrogens is 361 g/mol. The van der Waals surface area contributed by atoms with Crippen LogP contribution in [0.3, 0.4) is 0 Å². The summed E-state index contributed by atoms with van der Waals surface area (Å²) in [4.78, 5) is 24.1. The number of esters is 1. The van der Waals surface area contributed by atoms with Crippen LogP contribution in [-0.4, -0.2) is 18.0 Å². The van der Waals surface area contributed by atoms with E-state index in [0.717, 1.165) is 0 Å².